The molecule has 80 valence electrons. The number of halogens is 3. The van der Waals surface area contributed by atoms with Gasteiger partial charge in [0.25, 0.3) is 5.97 Å². The monoisotopic (exact) mass is 250 g/mol. The number of aliphatic carboxylic acids is 1. The molecular formula is C7H13Cl3O3. The molecule has 0 aromatic heterocycles. The van der Waals surface area contributed by atoms with Gasteiger partial charge in [-0.2, -0.15) is 0 Å². The number of hydrogen-bond acceptors (Lipinski definition) is 2. The Morgan fingerprint density at radius 1 is 1.31 bits per heavy atom. The molecule has 0 bridgehead atoms. The van der Waals surface area contributed by atoms with E-state index in [1.165, 1.54) is 12.8 Å². The number of carboxylic acid groups (broad SMARTS) is 1. The third-order valence-corrected chi connectivity index (χ3v) is 0.827. The van der Waals surface area contributed by atoms with E-state index >= 15 is 0 Å². The van der Waals surface area contributed by atoms with Crippen molar-refractivity contribution >= 4 is 40.8 Å². The molecular weight excluding hydrogens is 238 g/mol. The Morgan fingerprint density at radius 2 is 1.54 bits per heavy atom. The standard InChI is InChI=1S/C4H8O.C2H4O2.CHCl3/c1-2-4-5-3-1;1-2(3)4;2-1(3)4/h1-4H2;1H3,(H,3,4);1H. The molecule has 0 saturated carbocycles. The molecule has 3 nitrogen and oxygen atoms in total. The van der Waals surface area contributed by atoms with Crippen LogP contribution in [-0.2, 0) is 9.53 Å². The van der Waals surface area contributed by atoms with E-state index in [9.17, 15) is 0 Å². The fourth-order valence-electron chi connectivity index (χ4n) is 0.510. The molecule has 1 saturated heterocycles. The van der Waals surface area contributed by atoms with Gasteiger partial charge in [-0.15, -0.1) is 0 Å². The van der Waals surface area contributed by atoms with Crippen molar-refractivity contribution in [1.29, 1.82) is 0 Å². The third kappa shape index (κ3) is 46.5. The third-order valence-electron chi connectivity index (χ3n) is 0.827. The molecule has 1 fully saturated rings. The van der Waals surface area contributed by atoms with Crippen LogP contribution in [0.15, 0.2) is 0 Å². The molecule has 1 heterocycles. The number of rotatable bonds is 0. The topological polar surface area (TPSA) is 46.5 Å². The Kier molecular flexibility index (Phi) is 14.9. The van der Waals surface area contributed by atoms with Crippen LogP contribution in [-0.4, -0.2) is 28.6 Å². The number of carbonyl (C=O) groups is 1. The highest BCUT2D eigenvalue weighted by Gasteiger charge is 1.94. The summed E-state index contributed by atoms with van der Waals surface area (Å²) < 4.78 is 4.19. The molecule has 0 amide bonds. The van der Waals surface area contributed by atoms with Gasteiger partial charge in [0.2, 0.25) is 0 Å². The van der Waals surface area contributed by atoms with Crippen LogP contribution in [0.2, 0.25) is 0 Å². The van der Waals surface area contributed by atoms with Crippen LogP contribution < -0.4 is 0 Å². The second kappa shape index (κ2) is 12.3. The summed E-state index contributed by atoms with van der Waals surface area (Å²) in [5, 5.41) is 7.42. The predicted octanol–water partition coefficient (Wildman–Crippen LogP) is 2.87. The van der Waals surface area contributed by atoms with Crippen LogP contribution in [0.4, 0.5) is 0 Å². The van der Waals surface area contributed by atoms with Crippen molar-refractivity contribution < 1.29 is 14.6 Å². The van der Waals surface area contributed by atoms with E-state index in [0.717, 1.165) is 20.1 Å². The Hall–Kier alpha value is 0.300. The maximum Gasteiger partial charge on any atom is 0.300 e. The van der Waals surface area contributed by atoms with Crippen molar-refractivity contribution in [3.63, 3.8) is 0 Å². The van der Waals surface area contributed by atoms with E-state index in [1.54, 1.807) is 0 Å². The lowest BCUT2D eigenvalue weighted by Crippen LogP contribution is -1.78. The van der Waals surface area contributed by atoms with Gasteiger partial charge in [-0.25, -0.2) is 0 Å². The van der Waals surface area contributed by atoms with Crippen molar-refractivity contribution in [2.45, 2.75) is 24.1 Å². The first-order valence-electron chi connectivity index (χ1n) is 3.66. The molecule has 0 aromatic carbocycles. The zero-order valence-corrected chi connectivity index (χ0v) is 9.57. The van der Waals surface area contributed by atoms with E-state index in [4.69, 9.17) is 49.4 Å². The van der Waals surface area contributed by atoms with Crippen LogP contribution in [0.3, 0.4) is 0 Å². The minimum Gasteiger partial charge on any atom is -0.481 e. The normalized spacial score (nSPS) is 13.9. The summed E-state index contributed by atoms with van der Waals surface area (Å²) in [5.74, 6) is -0.833. The summed E-state index contributed by atoms with van der Waals surface area (Å²) in [5.41, 5.74) is 0. The number of alkyl halides is 3. The Bertz CT molecular complexity index is 101. The largest absolute Gasteiger partial charge is 0.481 e. The highest BCUT2D eigenvalue weighted by Crippen LogP contribution is 2.03. The Morgan fingerprint density at radius 3 is 1.62 bits per heavy atom. The lowest BCUT2D eigenvalue weighted by Gasteiger charge is -1.76. The van der Waals surface area contributed by atoms with E-state index in [-0.39, 0.29) is 0 Å². The first-order chi connectivity index (χ1) is 5.96. The van der Waals surface area contributed by atoms with Gasteiger partial charge < -0.3 is 9.84 Å². The van der Waals surface area contributed by atoms with Crippen LogP contribution in [0.25, 0.3) is 0 Å². The maximum atomic E-state index is 9.00. The molecule has 0 radical (unpaired) electrons. The summed E-state index contributed by atoms with van der Waals surface area (Å²) in [6.07, 6.45) is 2.56. The van der Waals surface area contributed by atoms with Gasteiger partial charge in [-0.1, -0.05) is 34.8 Å². The maximum absolute atomic E-state index is 9.00. The van der Waals surface area contributed by atoms with E-state index in [2.05, 4.69) is 0 Å². The summed E-state index contributed by atoms with van der Waals surface area (Å²) in [4.78, 5) is 9.00. The molecule has 0 aliphatic carbocycles. The van der Waals surface area contributed by atoms with E-state index in [0.29, 0.717) is 0 Å². The van der Waals surface area contributed by atoms with Gasteiger partial charge >= 0.3 is 0 Å². The van der Waals surface area contributed by atoms with Crippen molar-refractivity contribution in [1.82, 2.24) is 0 Å². The lowest BCUT2D eigenvalue weighted by atomic mass is 10.4. The first kappa shape index (κ1) is 15.8. The Labute approximate surface area is 92.9 Å². The smallest absolute Gasteiger partial charge is 0.300 e. The summed E-state index contributed by atoms with van der Waals surface area (Å²) in [7, 11) is 0. The zero-order valence-electron chi connectivity index (χ0n) is 7.30. The minimum absolute atomic E-state index is 0.750. The van der Waals surface area contributed by atoms with Gasteiger partial charge in [0.15, 0.2) is 4.30 Å². The molecule has 0 unspecified atom stereocenters. The quantitative estimate of drug-likeness (QED) is 0.674. The van der Waals surface area contributed by atoms with E-state index in [1.807, 2.05) is 0 Å². The Balaban J connectivity index is 0. The molecule has 1 aliphatic rings. The average Bonchev–Trinajstić information content (AvgIpc) is 2.35. The van der Waals surface area contributed by atoms with Crippen molar-refractivity contribution in [3.8, 4) is 0 Å². The van der Waals surface area contributed by atoms with Gasteiger partial charge in [-0.3, -0.25) is 4.79 Å². The molecule has 1 aliphatic heterocycles. The molecule has 0 atom stereocenters. The molecule has 0 spiro atoms. The zero-order chi connectivity index (χ0) is 10.7. The highest BCUT2D eigenvalue weighted by molar-refractivity contribution is 6.63. The highest BCUT2D eigenvalue weighted by atomic mass is 35.6. The fraction of sp³-hybridized carbons (Fsp3) is 0.857. The predicted molar refractivity (Wildman–Crippen MR) is 54.7 cm³/mol. The molecule has 1 rings (SSSR count). The fourth-order valence-corrected chi connectivity index (χ4v) is 0.510. The van der Waals surface area contributed by atoms with Crippen LogP contribution in [0, 0.1) is 0 Å². The molecule has 0 aromatic rings. The van der Waals surface area contributed by atoms with Gasteiger partial charge in [0, 0.05) is 20.1 Å². The van der Waals surface area contributed by atoms with Crippen LogP contribution >= 0.6 is 34.8 Å². The SMILES string of the molecule is C1CCOC1.CC(=O)O.ClC(Cl)Cl. The second-order valence-corrected chi connectivity index (χ2v) is 4.07. The molecule has 1 N–H and O–H groups in total. The van der Waals surface area contributed by atoms with Crippen molar-refractivity contribution in [3.05, 3.63) is 0 Å². The summed E-state index contributed by atoms with van der Waals surface area (Å²) in [6, 6.07) is 0. The van der Waals surface area contributed by atoms with Gasteiger partial charge in [0.1, 0.15) is 0 Å². The second-order valence-electron chi connectivity index (χ2n) is 2.09. The van der Waals surface area contributed by atoms with Crippen LogP contribution in [0.5, 0.6) is 0 Å². The van der Waals surface area contributed by atoms with Gasteiger partial charge in [0.05, 0.1) is 0 Å². The van der Waals surface area contributed by atoms with Gasteiger partial charge in [-0.05, 0) is 12.8 Å². The molecule has 13 heavy (non-hydrogen) atoms. The average molecular weight is 252 g/mol. The van der Waals surface area contributed by atoms with Crippen molar-refractivity contribution in [2.24, 2.45) is 0 Å². The number of ether oxygens (including phenoxy) is 1. The summed E-state index contributed by atoms with van der Waals surface area (Å²) in [6.45, 7) is 3.08. The number of carboxylic acids is 1. The lowest BCUT2D eigenvalue weighted by molar-refractivity contribution is -0.134. The summed E-state index contributed by atoms with van der Waals surface area (Å²) >= 11 is 14.4. The van der Waals surface area contributed by atoms with Crippen molar-refractivity contribution in [2.75, 3.05) is 13.2 Å². The van der Waals surface area contributed by atoms with E-state index < -0.39 is 10.3 Å². The minimum atomic E-state index is -0.833. The molecule has 6 heteroatoms. The van der Waals surface area contributed by atoms with Crippen LogP contribution in [0.1, 0.15) is 19.8 Å². The first-order valence-corrected chi connectivity index (χ1v) is 4.97. The number of hydrogen-bond donors (Lipinski definition) is 1.